The first-order valence-electron chi connectivity index (χ1n) is 7.24. The molecule has 0 bridgehead atoms. The zero-order valence-corrected chi connectivity index (χ0v) is 14.4. The molecule has 1 aromatic heterocycles. The van der Waals surface area contributed by atoms with Crippen molar-refractivity contribution >= 4 is 10.2 Å². The summed E-state index contributed by atoms with van der Waals surface area (Å²) in [6.45, 7) is 0. The van der Waals surface area contributed by atoms with E-state index in [1.165, 1.54) is 28.9 Å². The van der Waals surface area contributed by atoms with E-state index in [1.807, 2.05) is 0 Å². The van der Waals surface area contributed by atoms with Gasteiger partial charge in [-0.25, -0.2) is 19.4 Å². The van der Waals surface area contributed by atoms with Crippen LogP contribution in [0.4, 0.5) is 17.6 Å². The smallest absolute Gasteiger partial charge is 0.233 e. The van der Waals surface area contributed by atoms with Gasteiger partial charge in [0.2, 0.25) is 0 Å². The number of hydrogen-bond acceptors (Lipinski definition) is 3. The lowest BCUT2D eigenvalue weighted by Gasteiger charge is -2.07. The molecule has 0 spiro atoms. The molecule has 3 aromatic rings. The summed E-state index contributed by atoms with van der Waals surface area (Å²) in [6.07, 6.45) is -4.55. The highest BCUT2D eigenvalue weighted by Crippen LogP contribution is 2.33. The van der Waals surface area contributed by atoms with Gasteiger partial charge in [0.15, 0.2) is 5.69 Å². The fourth-order valence-corrected chi connectivity index (χ4v) is 2.11. The fraction of sp³-hybridized carbons (Fsp3) is 0.0625. The van der Waals surface area contributed by atoms with Crippen LogP contribution in [0, 0.1) is 5.82 Å². The summed E-state index contributed by atoms with van der Waals surface area (Å²) in [4.78, 5) is 0. The lowest BCUT2D eigenvalue weighted by atomic mass is 10.1. The second kappa shape index (κ2) is 7.86. The average Bonchev–Trinajstić information content (AvgIpc) is 3.00. The van der Waals surface area contributed by atoms with Crippen LogP contribution in [0.15, 0.2) is 60.7 Å². The molecule has 1 heterocycles. The summed E-state index contributed by atoms with van der Waals surface area (Å²) in [5.41, 5.74) is 0.208. The Morgan fingerprint density at radius 1 is 0.926 bits per heavy atom. The Kier molecular flexibility index (Phi) is 5.98. The summed E-state index contributed by atoms with van der Waals surface area (Å²) >= 11 is 0. The van der Waals surface area contributed by atoms with Crippen molar-refractivity contribution in [3.63, 3.8) is 0 Å². The number of rotatable bonds is 2. The monoisotopic (exact) mass is 402 g/mol. The number of nitrogens with zero attached hydrogens (tertiary/aromatic N) is 2. The standard InChI is InChI=1S/C16H10F4N2.H4N2O2S/c17-12-8-6-11(7-9-12)14-10-15(16(18,19)20)21-22(14)13-4-2-1-3-5-13;1-5(2,3)4/h1-10H;(H4,1,2,3,4). The molecule has 0 fully saturated rings. The third kappa shape index (κ3) is 6.16. The lowest BCUT2D eigenvalue weighted by Crippen LogP contribution is -2.21. The van der Waals surface area contributed by atoms with Crippen molar-refractivity contribution in [2.24, 2.45) is 10.3 Å². The summed E-state index contributed by atoms with van der Waals surface area (Å²) < 4.78 is 71.4. The van der Waals surface area contributed by atoms with E-state index < -0.39 is 27.9 Å². The topological polar surface area (TPSA) is 104 Å². The van der Waals surface area contributed by atoms with Crippen molar-refractivity contribution in [2.75, 3.05) is 0 Å². The second-order valence-electron chi connectivity index (χ2n) is 5.26. The number of nitrogens with two attached hydrogens (primary N) is 2. The van der Waals surface area contributed by atoms with E-state index in [0.717, 1.165) is 6.07 Å². The zero-order chi connectivity index (χ0) is 20.2. The predicted octanol–water partition coefficient (Wildman–Crippen LogP) is 2.85. The molecule has 0 saturated carbocycles. The molecule has 0 radical (unpaired) electrons. The molecule has 0 aliphatic rings. The Hall–Kier alpha value is -2.76. The maximum atomic E-state index is 13.0. The molecule has 0 atom stereocenters. The van der Waals surface area contributed by atoms with E-state index in [9.17, 15) is 26.0 Å². The maximum absolute atomic E-state index is 13.0. The number of aromatic nitrogens is 2. The van der Waals surface area contributed by atoms with Gasteiger partial charge < -0.3 is 0 Å². The average molecular weight is 402 g/mol. The van der Waals surface area contributed by atoms with Gasteiger partial charge in [-0.05, 0) is 42.5 Å². The van der Waals surface area contributed by atoms with Crippen LogP contribution >= 0.6 is 0 Å². The largest absolute Gasteiger partial charge is 0.435 e. The third-order valence-electron chi connectivity index (χ3n) is 3.14. The van der Waals surface area contributed by atoms with Crippen molar-refractivity contribution in [1.82, 2.24) is 9.78 Å². The fourth-order valence-electron chi connectivity index (χ4n) is 2.11. The molecular formula is C16H14F4N4O2S. The molecular weight excluding hydrogens is 388 g/mol. The Labute approximate surface area is 152 Å². The van der Waals surface area contributed by atoms with Gasteiger partial charge in [-0.3, -0.25) is 0 Å². The van der Waals surface area contributed by atoms with E-state index in [2.05, 4.69) is 15.4 Å². The van der Waals surface area contributed by atoms with Crippen molar-refractivity contribution in [3.8, 4) is 16.9 Å². The Bertz CT molecular complexity index is 993. The summed E-state index contributed by atoms with van der Waals surface area (Å²) in [5.74, 6) is -0.453. The van der Waals surface area contributed by atoms with Crippen LogP contribution in [0.5, 0.6) is 0 Å². The van der Waals surface area contributed by atoms with Crippen LogP contribution in [-0.4, -0.2) is 18.2 Å². The maximum Gasteiger partial charge on any atom is 0.435 e. The van der Waals surface area contributed by atoms with Crippen LogP contribution in [0.1, 0.15) is 5.69 Å². The van der Waals surface area contributed by atoms with Crippen LogP contribution in [0.25, 0.3) is 16.9 Å². The normalized spacial score (nSPS) is 11.6. The van der Waals surface area contributed by atoms with E-state index in [4.69, 9.17) is 0 Å². The van der Waals surface area contributed by atoms with Gasteiger partial charge >= 0.3 is 6.18 Å². The van der Waals surface area contributed by atoms with Crippen LogP contribution in [0.3, 0.4) is 0 Å². The lowest BCUT2D eigenvalue weighted by molar-refractivity contribution is -0.141. The van der Waals surface area contributed by atoms with Gasteiger partial charge in [0.25, 0.3) is 10.2 Å². The van der Waals surface area contributed by atoms with Crippen molar-refractivity contribution in [3.05, 3.63) is 72.2 Å². The van der Waals surface area contributed by atoms with E-state index in [-0.39, 0.29) is 5.69 Å². The quantitative estimate of drug-likeness (QED) is 0.644. The highest BCUT2D eigenvalue weighted by molar-refractivity contribution is 7.86. The number of para-hydroxylation sites is 1. The highest BCUT2D eigenvalue weighted by Gasteiger charge is 2.35. The Morgan fingerprint density at radius 2 is 1.44 bits per heavy atom. The van der Waals surface area contributed by atoms with Crippen LogP contribution in [-0.2, 0) is 16.4 Å². The minimum absolute atomic E-state index is 0.249. The molecule has 0 aliphatic heterocycles. The van der Waals surface area contributed by atoms with Crippen molar-refractivity contribution in [2.45, 2.75) is 6.18 Å². The van der Waals surface area contributed by atoms with Gasteiger partial charge in [-0.15, -0.1) is 0 Å². The predicted molar refractivity (Wildman–Crippen MR) is 91.3 cm³/mol. The number of hydrogen-bond donors (Lipinski definition) is 2. The van der Waals surface area contributed by atoms with Crippen molar-refractivity contribution in [1.29, 1.82) is 0 Å². The van der Waals surface area contributed by atoms with E-state index in [1.54, 1.807) is 30.3 Å². The summed E-state index contributed by atoms with van der Waals surface area (Å²) in [7, 11) is -3.67. The molecule has 0 aliphatic carbocycles. The summed E-state index contributed by atoms with van der Waals surface area (Å²) in [5, 5.41) is 11.9. The van der Waals surface area contributed by atoms with E-state index in [0.29, 0.717) is 11.3 Å². The zero-order valence-electron chi connectivity index (χ0n) is 13.6. The molecule has 0 amide bonds. The first kappa shape index (κ1) is 20.6. The second-order valence-corrected chi connectivity index (χ2v) is 6.43. The number of benzene rings is 2. The molecule has 144 valence electrons. The number of alkyl halides is 3. The molecule has 0 saturated heterocycles. The van der Waals surface area contributed by atoms with Gasteiger partial charge in [0, 0.05) is 5.56 Å². The summed E-state index contributed by atoms with van der Waals surface area (Å²) in [6, 6.07) is 14.7. The molecule has 27 heavy (non-hydrogen) atoms. The minimum Gasteiger partial charge on any atom is -0.233 e. The first-order chi connectivity index (χ1) is 12.4. The molecule has 11 heteroatoms. The molecule has 2 aromatic carbocycles. The van der Waals surface area contributed by atoms with E-state index >= 15 is 0 Å². The SMILES string of the molecule is Fc1ccc(-c2cc(C(F)(F)F)nn2-c2ccccc2)cc1.NS(N)(=O)=O. The third-order valence-corrected chi connectivity index (χ3v) is 3.14. The van der Waals surface area contributed by atoms with Crippen LogP contribution in [0.2, 0.25) is 0 Å². The first-order valence-corrected chi connectivity index (χ1v) is 8.85. The van der Waals surface area contributed by atoms with Gasteiger partial charge in [-0.1, -0.05) is 18.2 Å². The number of halogens is 4. The van der Waals surface area contributed by atoms with Crippen molar-refractivity contribution < 1.29 is 26.0 Å². The Morgan fingerprint density at radius 3 is 1.93 bits per heavy atom. The molecule has 3 rings (SSSR count). The molecule has 0 unspecified atom stereocenters. The van der Waals surface area contributed by atoms with Crippen LogP contribution < -0.4 is 10.3 Å². The van der Waals surface area contributed by atoms with Gasteiger partial charge in [-0.2, -0.15) is 26.7 Å². The molecule has 6 nitrogen and oxygen atoms in total. The molecule has 4 N–H and O–H groups in total. The Balaban J connectivity index is 0.000000465. The van der Waals surface area contributed by atoms with Gasteiger partial charge in [0.05, 0.1) is 11.4 Å². The highest BCUT2D eigenvalue weighted by atomic mass is 32.2. The van der Waals surface area contributed by atoms with Gasteiger partial charge in [0.1, 0.15) is 5.82 Å². The minimum atomic E-state index is -4.55.